The first-order valence-electron chi connectivity index (χ1n) is 11.0. The van der Waals surface area contributed by atoms with Crippen LogP contribution in [0, 0.1) is 12.8 Å². The fourth-order valence-electron chi connectivity index (χ4n) is 4.44. The standard InChI is InChI=1S/C23H37N3O/c1-20-8-6-9-21(18-20)19-26-16-10-22(11-17-26)23(27)24-12-7-15-25-13-4-2-3-5-14-25/h6,8-9,18,22H,2-5,7,10-17,19H2,1H3,(H,24,27). The molecule has 2 heterocycles. The van der Waals surface area contributed by atoms with Crippen LogP contribution in [0.5, 0.6) is 0 Å². The Morgan fingerprint density at radius 2 is 1.78 bits per heavy atom. The van der Waals surface area contributed by atoms with Gasteiger partial charge in [0.15, 0.2) is 0 Å². The Morgan fingerprint density at radius 3 is 2.48 bits per heavy atom. The van der Waals surface area contributed by atoms with Crippen molar-refractivity contribution in [1.29, 1.82) is 0 Å². The SMILES string of the molecule is Cc1cccc(CN2CCC(C(=O)NCCCN3CCCCCC3)CC2)c1. The largest absolute Gasteiger partial charge is 0.356 e. The second-order valence-corrected chi connectivity index (χ2v) is 8.44. The molecule has 3 rings (SSSR count). The molecule has 4 nitrogen and oxygen atoms in total. The van der Waals surface area contributed by atoms with Crippen molar-refractivity contribution < 1.29 is 4.79 Å². The highest BCUT2D eigenvalue weighted by Gasteiger charge is 2.24. The highest BCUT2D eigenvalue weighted by Crippen LogP contribution is 2.19. The normalized spacial score (nSPS) is 20.3. The van der Waals surface area contributed by atoms with Gasteiger partial charge in [0.2, 0.25) is 5.91 Å². The number of hydrogen-bond acceptors (Lipinski definition) is 3. The fourth-order valence-corrected chi connectivity index (χ4v) is 4.44. The van der Waals surface area contributed by atoms with E-state index in [1.807, 2.05) is 0 Å². The number of aryl methyl sites for hydroxylation is 1. The van der Waals surface area contributed by atoms with Crippen LogP contribution in [0.25, 0.3) is 0 Å². The predicted octanol–water partition coefficient (Wildman–Crippen LogP) is 3.59. The van der Waals surface area contributed by atoms with Crippen molar-refractivity contribution in [3.05, 3.63) is 35.4 Å². The zero-order chi connectivity index (χ0) is 18.9. The van der Waals surface area contributed by atoms with Gasteiger partial charge in [0.1, 0.15) is 0 Å². The fraction of sp³-hybridized carbons (Fsp3) is 0.696. The average Bonchev–Trinajstić information content (AvgIpc) is 2.94. The van der Waals surface area contributed by atoms with Crippen LogP contribution in [-0.2, 0) is 11.3 Å². The van der Waals surface area contributed by atoms with Crippen LogP contribution in [0.3, 0.4) is 0 Å². The van der Waals surface area contributed by atoms with Crippen LogP contribution in [0.15, 0.2) is 24.3 Å². The molecule has 0 atom stereocenters. The number of hydrogen-bond donors (Lipinski definition) is 1. The number of rotatable bonds is 7. The predicted molar refractivity (Wildman–Crippen MR) is 112 cm³/mol. The van der Waals surface area contributed by atoms with Crippen molar-refractivity contribution in [2.45, 2.75) is 58.4 Å². The molecule has 0 aliphatic carbocycles. The minimum absolute atomic E-state index is 0.206. The highest BCUT2D eigenvalue weighted by molar-refractivity contribution is 5.78. The van der Waals surface area contributed by atoms with Crippen LogP contribution < -0.4 is 5.32 Å². The molecule has 0 aromatic heterocycles. The summed E-state index contributed by atoms with van der Waals surface area (Å²) >= 11 is 0. The van der Waals surface area contributed by atoms with Gasteiger partial charge in [-0.2, -0.15) is 0 Å². The summed E-state index contributed by atoms with van der Waals surface area (Å²) in [5.74, 6) is 0.484. The number of likely N-dealkylation sites (tertiary alicyclic amines) is 2. The van der Waals surface area contributed by atoms with E-state index in [1.165, 1.54) is 49.9 Å². The summed E-state index contributed by atoms with van der Waals surface area (Å²) in [6.07, 6.45) is 8.51. The molecular weight excluding hydrogens is 334 g/mol. The molecule has 1 amide bonds. The Kier molecular flexibility index (Phi) is 8.15. The summed E-state index contributed by atoms with van der Waals surface area (Å²) < 4.78 is 0. The lowest BCUT2D eigenvalue weighted by atomic mass is 9.95. The van der Waals surface area contributed by atoms with Crippen LogP contribution in [0.4, 0.5) is 0 Å². The zero-order valence-corrected chi connectivity index (χ0v) is 17.1. The molecule has 1 N–H and O–H groups in total. The van der Waals surface area contributed by atoms with Gasteiger partial charge < -0.3 is 10.2 Å². The van der Waals surface area contributed by atoms with E-state index in [0.29, 0.717) is 0 Å². The second-order valence-electron chi connectivity index (χ2n) is 8.44. The topological polar surface area (TPSA) is 35.6 Å². The van der Waals surface area contributed by atoms with Crippen molar-refractivity contribution in [1.82, 2.24) is 15.1 Å². The van der Waals surface area contributed by atoms with Gasteiger partial charge >= 0.3 is 0 Å². The molecule has 2 aliphatic heterocycles. The zero-order valence-electron chi connectivity index (χ0n) is 17.1. The number of amides is 1. The third kappa shape index (κ3) is 6.93. The molecule has 0 radical (unpaired) electrons. The average molecular weight is 372 g/mol. The lowest BCUT2D eigenvalue weighted by Gasteiger charge is -2.31. The van der Waals surface area contributed by atoms with Gasteiger partial charge in [0, 0.05) is 19.0 Å². The van der Waals surface area contributed by atoms with E-state index in [0.717, 1.165) is 52.0 Å². The lowest BCUT2D eigenvalue weighted by Crippen LogP contribution is -2.40. The van der Waals surface area contributed by atoms with Crippen molar-refractivity contribution in [3.8, 4) is 0 Å². The van der Waals surface area contributed by atoms with Gasteiger partial charge in [-0.15, -0.1) is 0 Å². The second kappa shape index (κ2) is 10.8. The third-order valence-electron chi connectivity index (χ3n) is 6.10. The number of carbonyl (C=O) groups is 1. The smallest absolute Gasteiger partial charge is 0.223 e. The minimum Gasteiger partial charge on any atom is -0.356 e. The number of piperidine rings is 1. The first kappa shape index (κ1) is 20.3. The van der Waals surface area contributed by atoms with E-state index >= 15 is 0 Å². The maximum absolute atomic E-state index is 12.5. The van der Waals surface area contributed by atoms with Gasteiger partial charge in [-0.25, -0.2) is 0 Å². The molecule has 2 fully saturated rings. The Bertz CT molecular complexity index is 573. The molecule has 2 saturated heterocycles. The van der Waals surface area contributed by atoms with E-state index < -0.39 is 0 Å². The number of carbonyl (C=O) groups excluding carboxylic acids is 1. The summed E-state index contributed by atoms with van der Waals surface area (Å²) in [4.78, 5) is 17.5. The number of benzene rings is 1. The molecule has 0 spiro atoms. The molecule has 0 unspecified atom stereocenters. The molecule has 2 aliphatic rings. The van der Waals surface area contributed by atoms with E-state index in [9.17, 15) is 4.79 Å². The van der Waals surface area contributed by atoms with Gasteiger partial charge in [-0.05, 0) is 77.3 Å². The number of nitrogens with zero attached hydrogens (tertiary/aromatic N) is 2. The van der Waals surface area contributed by atoms with Crippen molar-refractivity contribution >= 4 is 5.91 Å². The van der Waals surface area contributed by atoms with Crippen LogP contribution in [-0.4, -0.2) is 55.0 Å². The Balaban J connectivity index is 1.30. The van der Waals surface area contributed by atoms with E-state index in [4.69, 9.17) is 0 Å². The lowest BCUT2D eigenvalue weighted by molar-refractivity contribution is -0.126. The summed E-state index contributed by atoms with van der Waals surface area (Å²) in [6.45, 7) is 9.66. The molecule has 27 heavy (non-hydrogen) atoms. The van der Waals surface area contributed by atoms with Gasteiger partial charge in [-0.3, -0.25) is 9.69 Å². The summed E-state index contributed by atoms with van der Waals surface area (Å²) in [5, 5.41) is 3.20. The van der Waals surface area contributed by atoms with Crippen LogP contribution in [0.2, 0.25) is 0 Å². The summed E-state index contributed by atoms with van der Waals surface area (Å²) in [6, 6.07) is 8.75. The highest BCUT2D eigenvalue weighted by atomic mass is 16.1. The molecule has 150 valence electrons. The van der Waals surface area contributed by atoms with E-state index in [2.05, 4.69) is 46.3 Å². The van der Waals surface area contributed by atoms with Crippen molar-refractivity contribution in [2.24, 2.45) is 5.92 Å². The molecule has 0 saturated carbocycles. The number of nitrogens with one attached hydrogen (secondary N) is 1. The monoisotopic (exact) mass is 371 g/mol. The Morgan fingerprint density at radius 1 is 1.04 bits per heavy atom. The van der Waals surface area contributed by atoms with Crippen molar-refractivity contribution in [2.75, 3.05) is 39.3 Å². The van der Waals surface area contributed by atoms with E-state index in [1.54, 1.807) is 0 Å². The molecule has 0 bridgehead atoms. The first-order valence-corrected chi connectivity index (χ1v) is 11.0. The van der Waals surface area contributed by atoms with Crippen LogP contribution in [0.1, 0.15) is 56.1 Å². The molecule has 1 aromatic carbocycles. The first-order chi connectivity index (χ1) is 13.2. The molecule has 1 aromatic rings. The maximum Gasteiger partial charge on any atom is 0.223 e. The maximum atomic E-state index is 12.5. The van der Waals surface area contributed by atoms with Crippen molar-refractivity contribution in [3.63, 3.8) is 0 Å². The quantitative estimate of drug-likeness (QED) is 0.744. The Hall–Kier alpha value is -1.39. The third-order valence-corrected chi connectivity index (χ3v) is 6.10. The van der Waals surface area contributed by atoms with Gasteiger partial charge in [0.25, 0.3) is 0 Å². The minimum atomic E-state index is 0.206. The van der Waals surface area contributed by atoms with Gasteiger partial charge in [0.05, 0.1) is 0 Å². The van der Waals surface area contributed by atoms with Gasteiger partial charge in [-0.1, -0.05) is 42.7 Å². The van der Waals surface area contributed by atoms with E-state index in [-0.39, 0.29) is 11.8 Å². The Labute approximate surface area is 165 Å². The molecular formula is C23H37N3O. The molecule has 4 heteroatoms. The summed E-state index contributed by atoms with van der Waals surface area (Å²) in [7, 11) is 0. The summed E-state index contributed by atoms with van der Waals surface area (Å²) in [5.41, 5.74) is 2.70. The van der Waals surface area contributed by atoms with Crippen LogP contribution >= 0.6 is 0 Å².